The molecule has 1 aliphatic heterocycles. The lowest BCUT2D eigenvalue weighted by Gasteiger charge is -2.13. The van der Waals surface area contributed by atoms with Crippen molar-refractivity contribution in [3.63, 3.8) is 0 Å². The van der Waals surface area contributed by atoms with E-state index in [2.05, 4.69) is 10.3 Å². The number of benzene rings is 2. The van der Waals surface area contributed by atoms with Crippen LogP contribution in [0.5, 0.6) is 11.5 Å². The molecule has 0 unspecified atom stereocenters. The SMILES string of the molecule is COCCCN1C(=O)/C(=C\c2ccc(OC)c(COc3cccc4cccnc34)c2)NC1=S. The van der Waals surface area contributed by atoms with Gasteiger partial charge in [-0.3, -0.25) is 14.7 Å². The number of thiocarbonyl (C=S) groups is 1. The molecule has 1 amide bonds. The summed E-state index contributed by atoms with van der Waals surface area (Å²) in [5.74, 6) is 1.25. The number of rotatable bonds is 9. The number of nitrogens with zero attached hydrogens (tertiary/aromatic N) is 2. The van der Waals surface area contributed by atoms with E-state index < -0.39 is 0 Å². The minimum absolute atomic E-state index is 0.147. The Bertz CT molecular complexity index is 1210. The molecular weight excluding hydrogens is 438 g/mol. The van der Waals surface area contributed by atoms with Crippen molar-refractivity contribution in [1.82, 2.24) is 15.2 Å². The van der Waals surface area contributed by atoms with Crippen molar-refractivity contribution in [2.24, 2.45) is 0 Å². The van der Waals surface area contributed by atoms with Gasteiger partial charge in [-0.2, -0.15) is 0 Å². The topological polar surface area (TPSA) is 72.9 Å². The van der Waals surface area contributed by atoms with Crippen LogP contribution in [-0.4, -0.2) is 48.3 Å². The zero-order chi connectivity index (χ0) is 23.2. The van der Waals surface area contributed by atoms with Gasteiger partial charge >= 0.3 is 0 Å². The van der Waals surface area contributed by atoms with Gasteiger partial charge < -0.3 is 19.5 Å². The Balaban J connectivity index is 1.53. The highest BCUT2D eigenvalue weighted by molar-refractivity contribution is 7.80. The largest absolute Gasteiger partial charge is 0.496 e. The third-order valence-corrected chi connectivity index (χ3v) is 5.61. The summed E-state index contributed by atoms with van der Waals surface area (Å²) >= 11 is 5.33. The van der Waals surface area contributed by atoms with Gasteiger partial charge in [-0.1, -0.05) is 24.3 Å². The molecule has 1 fully saturated rings. The second-order valence-electron chi connectivity index (χ2n) is 7.48. The van der Waals surface area contributed by atoms with Crippen LogP contribution in [0, 0.1) is 0 Å². The number of fused-ring (bicyclic) bond motifs is 1. The number of carbonyl (C=O) groups is 1. The summed E-state index contributed by atoms with van der Waals surface area (Å²) in [6.07, 6.45) is 4.24. The van der Waals surface area contributed by atoms with E-state index in [0.29, 0.717) is 48.5 Å². The number of pyridine rings is 1. The quantitative estimate of drug-likeness (QED) is 0.293. The van der Waals surface area contributed by atoms with Gasteiger partial charge in [0.15, 0.2) is 5.11 Å². The Morgan fingerprint density at radius 2 is 1.97 bits per heavy atom. The van der Waals surface area contributed by atoms with Gasteiger partial charge in [-0.15, -0.1) is 0 Å². The van der Waals surface area contributed by atoms with Crippen LogP contribution in [0.1, 0.15) is 17.5 Å². The molecule has 0 spiro atoms. The average Bonchev–Trinajstić information content (AvgIpc) is 3.10. The Morgan fingerprint density at radius 1 is 1.12 bits per heavy atom. The van der Waals surface area contributed by atoms with Crippen molar-refractivity contribution in [2.45, 2.75) is 13.0 Å². The molecular formula is C25H25N3O4S. The number of hydrogen-bond acceptors (Lipinski definition) is 6. The van der Waals surface area contributed by atoms with Gasteiger partial charge in [0.2, 0.25) is 0 Å². The molecule has 1 aromatic heterocycles. The molecule has 33 heavy (non-hydrogen) atoms. The summed E-state index contributed by atoms with van der Waals surface area (Å²) in [4.78, 5) is 18.8. The van der Waals surface area contributed by atoms with Crippen molar-refractivity contribution in [3.05, 3.63) is 71.6 Å². The molecule has 4 rings (SSSR count). The minimum atomic E-state index is -0.147. The molecule has 7 nitrogen and oxygen atoms in total. The van der Waals surface area contributed by atoms with E-state index in [-0.39, 0.29) is 5.91 Å². The van der Waals surface area contributed by atoms with Crippen LogP contribution in [0.2, 0.25) is 0 Å². The van der Waals surface area contributed by atoms with Gasteiger partial charge in [0.05, 0.1) is 7.11 Å². The van der Waals surface area contributed by atoms with Gasteiger partial charge in [0.1, 0.15) is 29.3 Å². The number of para-hydroxylation sites is 1. The number of hydrogen-bond donors (Lipinski definition) is 1. The summed E-state index contributed by atoms with van der Waals surface area (Å²) in [5.41, 5.74) is 2.93. The fraction of sp³-hybridized carbons (Fsp3) is 0.240. The van der Waals surface area contributed by atoms with E-state index in [0.717, 1.165) is 22.0 Å². The molecule has 0 aliphatic carbocycles. The Hall–Kier alpha value is -3.49. The Labute approximate surface area is 198 Å². The van der Waals surface area contributed by atoms with E-state index >= 15 is 0 Å². The normalized spacial score (nSPS) is 14.7. The highest BCUT2D eigenvalue weighted by atomic mass is 32.1. The van der Waals surface area contributed by atoms with Crippen LogP contribution in [-0.2, 0) is 16.1 Å². The summed E-state index contributed by atoms with van der Waals surface area (Å²) in [7, 11) is 3.25. The third kappa shape index (κ3) is 5.13. The maximum Gasteiger partial charge on any atom is 0.276 e. The molecule has 0 bridgehead atoms. The summed E-state index contributed by atoms with van der Waals surface area (Å²) in [6.45, 7) is 1.37. The van der Waals surface area contributed by atoms with Gasteiger partial charge in [0.25, 0.3) is 5.91 Å². The molecule has 2 aromatic carbocycles. The van der Waals surface area contributed by atoms with Crippen molar-refractivity contribution in [2.75, 3.05) is 27.4 Å². The first-order chi connectivity index (χ1) is 16.1. The zero-order valence-electron chi connectivity index (χ0n) is 18.5. The molecule has 1 aliphatic rings. The fourth-order valence-electron chi connectivity index (χ4n) is 3.66. The second-order valence-corrected chi connectivity index (χ2v) is 7.87. The van der Waals surface area contributed by atoms with Crippen LogP contribution in [0.3, 0.4) is 0 Å². The molecule has 170 valence electrons. The number of ether oxygens (including phenoxy) is 3. The van der Waals surface area contributed by atoms with Crippen LogP contribution >= 0.6 is 12.2 Å². The monoisotopic (exact) mass is 463 g/mol. The predicted octanol–water partition coefficient (Wildman–Crippen LogP) is 3.92. The maximum atomic E-state index is 12.8. The number of methoxy groups -OCH3 is 2. The standard InChI is InChI=1S/C25H25N3O4S/c1-30-13-5-12-28-24(29)20(27-25(28)33)15-17-9-10-21(31-2)19(14-17)16-32-22-8-3-6-18-7-4-11-26-23(18)22/h3-4,6-11,14-15H,5,12-13,16H2,1-2H3,(H,27,33)/b20-15+. The number of nitrogens with one attached hydrogen (secondary N) is 1. The van der Waals surface area contributed by atoms with E-state index in [1.54, 1.807) is 31.4 Å². The van der Waals surface area contributed by atoms with Crippen LogP contribution in [0.4, 0.5) is 0 Å². The first-order valence-corrected chi connectivity index (χ1v) is 11.0. The van der Waals surface area contributed by atoms with E-state index in [9.17, 15) is 4.79 Å². The van der Waals surface area contributed by atoms with Crippen LogP contribution in [0.15, 0.2) is 60.4 Å². The lowest BCUT2D eigenvalue weighted by Crippen LogP contribution is -2.32. The lowest BCUT2D eigenvalue weighted by molar-refractivity contribution is -0.122. The van der Waals surface area contributed by atoms with E-state index in [4.69, 9.17) is 26.4 Å². The van der Waals surface area contributed by atoms with Crippen molar-refractivity contribution in [3.8, 4) is 11.5 Å². The second kappa shape index (κ2) is 10.4. The smallest absolute Gasteiger partial charge is 0.276 e. The van der Waals surface area contributed by atoms with Crippen molar-refractivity contribution >= 4 is 40.2 Å². The molecule has 2 heterocycles. The summed E-state index contributed by atoms with van der Waals surface area (Å²) in [6, 6.07) is 15.4. The maximum absolute atomic E-state index is 12.8. The van der Waals surface area contributed by atoms with Gasteiger partial charge in [-0.05, 0) is 54.5 Å². The van der Waals surface area contributed by atoms with Crippen molar-refractivity contribution < 1.29 is 19.0 Å². The first kappa shape index (κ1) is 22.7. The van der Waals surface area contributed by atoms with Crippen LogP contribution < -0.4 is 14.8 Å². The summed E-state index contributed by atoms with van der Waals surface area (Å²) < 4.78 is 16.7. The van der Waals surface area contributed by atoms with E-state index in [1.807, 2.05) is 48.5 Å². The molecule has 1 saturated heterocycles. The number of amides is 1. The van der Waals surface area contributed by atoms with Crippen LogP contribution in [0.25, 0.3) is 17.0 Å². The zero-order valence-corrected chi connectivity index (χ0v) is 19.4. The summed E-state index contributed by atoms with van der Waals surface area (Å²) in [5, 5.41) is 4.43. The predicted molar refractivity (Wildman–Crippen MR) is 131 cm³/mol. The van der Waals surface area contributed by atoms with Gasteiger partial charge in [0, 0.05) is 37.4 Å². The van der Waals surface area contributed by atoms with Gasteiger partial charge in [-0.25, -0.2) is 0 Å². The van der Waals surface area contributed by atoms with Crippen molar-refractivity contribution in [1.29, 1.82) is 0 Å². The molecule has 0 atom stereocenters. The van der Waals surface area contributed by atoms with E-state index in [1.165, 1.54) is 0 Å². The fourth-order valence-corrected chi connectivity index (χ4v) is 3.94. The highest BCUT2D eigenvalue weighted by Gasteiger charge is 2.30. The number of carbonyl (C=O) groups excluding carboxylic acids is 1. The molecule has 1 N–H and O–H groups in total. The third-order valence-electron chi connectivity index (χ3n) is 5.29. The molecule has 3 aromatic rings. The molecule has 8 heteroatoms. The minimum Gasteiger partial charge on any atom is -0.496 e. The Morgan fingerprint density at radius 3 is 2.79 bits per heavy atom. The molecule has 0 radical (unpaired) electrons. The number of aromatic nitrogens is 1. The average molecular weight is 464 g/mol. The lowest BCUT2D eigenvalue weighted by atomic mass is 10.1. The first-order valence-electron chi connectivity index (χ1n) is 10.6. The Kier molecular flexibility index (Phi) is 7.16. The highest BCUT2D eigenvalue weighted by Crippen LogP contribution is 2.27. The molecule has 0 saturated carbocycles.